The van der Waals surface area contributed by atoms with Crippen molar-refractivity contribution >= 4 is 15.9 Å². The van der Waals surface area contributed by atoms with Gasteiger partial charge in [-0.25, -0.2) is 9.97 Å². The molecular weight excluding hydrogens is 244 g/mol. The van der Waals surface area contributed by atoms with Gasteiger partial charge >= 0.3 is 0 Å². The number of halogens is 1. The predicted molar refractivity (Wildman–Crippen MR) is 56.5 cm³/mol. The Balaban J connectivity index is 2.47. The standard InChI is InChI=1S/C9H9BrN4/c1-7(10)9-12-6-13-14(9)8-4-2-3-5-11-8/h2-7H,1H3. The topological polar surface area (TPSA) is 43.6 Å². The van der Waals surface area contributed by atoms with Crippen LogP contribution in [0.5, 0.6) is 0 Å². The Morgan fingerprint density at radius 1 is 1.36 bits per heavy atom. The molecule has 0 spiro atoms. The number of hydrogen-bond donors (Lipinski definition) is 0. The monoisotopic (exact) mass is 252 g/mol. The maximum atomic E-state index is 4.20. The molecule has 2 rings (SSSR count). The molecule has 2 aromatic rings. The van der Waals surface area contributed by atoms with Crippen molar-refractivity contribution in [3.63, 3.8) is 0 Å². The van der Waals surface area contributed by atoms with Crippen LogP contribution in [0, 0.1) is 0 Å². The summed E-state index contributed by atoms with van der Waals surface area (Å²) in [4.78, 5) is 8.52. The molecule has 0 N–H and O–H groups in total. The lowest BCUT2D eigenvalue weighted by molar-refractivity contribution is 0.776. The molecule has 1 unspecified atom stereocenters. The van der Waals surface area contributed by atoms with Crippen LogP contribution in [0.25, 0.3) is 5.82 Å². The Morgan fingerprint density at radius 2 is 2.21 bits per heavy atom. The molecule has 0 aliphatic carbocycles. The van der Waals surface area contributed by atoms with Crippen molar-refractivity contribution < 1.29 is 0 Å². The van der Waals surface area contributed by atoms with Gasteiger partial charge in [0.2, 0.25) is 0 Å². The molecule has 72 valence electrons. The largest absolute Gasteiger partial charge is 0.237 e. The van der Waals surface area contributed by atoms with Crippen molar-refractivity contribution in [2.75, 3.05) is 0 Å². The third-order valence-electron chi connectivity index (χ3n) is 1.80. The summed E-state index contributed by atoms with van der Waals surface area (Å²) in [6, 6.07) is 5.69. The van der Waals surface area contributed by atoms with Gasteiger partial charge in [-0.1, -0.05) is 22.0 Å². The summed E-state index contributed by atoms with van der Waals surface area (Å²) in [5.41, 5.74) is 0. The zero-order valence-corrected chi connectivity index (χ0v) is 9.22. The Morgan fingerprint density at radius 3 is 2.86 bits per heavy atom. The van der Waals surface area contributed by atoms with Crippen molar-refractivity contribution in [2.45, 2.75) is 11.8 Å². The average molecular weight is 253 g/mol. The molecule has 0 saturated carbocycles. The fourth-order valence-corrected chi connectivity index (χ4v) is 1.49. The number of rotatable bonds is 2. The molecular formula is C9H9BrN4. The van der Waals surface area contributed by atoms with Gasteiger partial charge in [0.25, 0.3) is 0 Å². The highest BCUT2D eigenvalue weighted by Gasteiger charge is 2.11. The van der Waals surface area contributed by atoms with Gasteiger partial charge in [0, 0.05) is 6.20 Å². The Hall–Kier alpha value is -1.23. The van der Waals surface area contributed by atoms with Crippen LogP contribution in [-0.4, -0.2) is 19.7 Å². The quantitative estimate of drug-likeness (QED) is 0.770. The average Bonchev–Trinajstić information content (AvgIpc) is 2.67. The van der Waals surface area contributed by atoms with Crippen molar-refractivity contribution in [3.8, 4) is 5.82 Å². The molecule has 0 radical (unpaired) electrons. The fourth-order valence-electron chi connectivity index (χ4n) is 1.18. The first-order valence-corrected chi connectivity index (χ1v) is 5.16. The van der Waals surface area contributed by atoms with Crippen LogP contribution in [0.3, 0.4) is 0 Å². The number of nitrogens with zero attached hydrogens (tertiary/aromatic N) is 4. The summed E-state index contributed by atoms with van der Waals surface area (Å²) < 4.78 is 1.72. The molecule has 0 aromatic carbocycles. The molecule has 0 aliphatic rings. The lowest BCUT2D eigenvalue weighted by atomic mass is 10.4. The summed E-state index contributed by atoms with van der Waals surface area (Å²) in [7, 11) is 0. The van der Waals surface area contributed by atoms with Gasteiger partial charge in [-0.2, -0.15) is 9.78 Å². The first kappa shape index (κ1) is 9.33. The molecule has 0 amide bonds. The van der Waals surface area contributed by atoms with Gasteiger partial charge in [-0.3, -0.25) is 0 Å². The number of alkyl halides is 1. The maximum absolute atomic E-state index is 4.20. The molecule has 0 aliphatic heterocycles. The van der Waals surface area contributed by atoms with Gasteiger partial charge < -0.3 is 0 Å². The van der Waals surface area contributed by atoms with E-state index in [0.717, 1.165) is 11.6 Å². The highest BCUT2D eigenvalue weighted by Crippen LogP contribution is 2.20. The number of aromatic nitrogens is 4. The Labute approximate surface area is 90.1 Å². The zero-order valence-electron chi connectivity index (χ0n) is 7.63. The summed E-state index contributed by atoms with van der Waals surface area (Å²) in [6.07, 6.45) is 3.27. The van der Waals surface area contributed by atoms with E-state index in [1.165, 1.54) is 6.33 Å². The molecule has 0 fully saturated rings. The SMILES string of the molecule is CC(Br)c1ncnn1-c1ccccn1. The molecule has 0 saturated heterocycles. The Bertz CT molecular complexity index is 410. The second-order valence-electron chi connectivity index (χ2n) is 2.83. The first-order valence-electron chi connectivity index (χ1n) is 4.24. The van der Waals surface area contributed by atoms with Crippen molar-refractivity contribution in [2.24, 2.45) is 0 Å². The second-order valence-corrected chi connectivity index (χ2v) is 4.21. The summed E-state index contributed by atoms with van der Waals surface area (Å²) in [5.74, 6) is 1.63. The molecule has 2 heterocycles. The number of hydrogen-bond acceptors (Lipinski definition) is 3. The van der Waals surface area contributed by atoms with E-state index in [1.54, 1.807) is 10.9 Å². The highest BCUT2D eigenvalue weighted by molar-refractivity contribution is 9.09. The molecule has 4 nitrogen and oxygen atoms in total. The van der Waals surface area contributed by atoms with E-state index >= 15 is 0 Å². The number of pyridine rings is 1. The van der Waals surface area contributed by atoms with Gasteiger partial charge in [0.15, 0.2) is 5.82 Å². The fraction of sp³-hybridized carbons (Fsp3) is 0.222. The predicted octanol–water partition coefficient (Wildman–Crippen LogP) is 2.12. The van der Waals surface area contributed by atoms with E-state index in [4.69, 9.17) is 0 Å². The summed E-state index contributed by atoms with van der Waals surface area (Å²) in [5, 5.41) is 4.12. The molecule has 5 heteroatoms. The van der Waals surface area contributed by atoms with Gasteiger partial charge in [0.1, 0.15) is 12.2 Å². The van der Waals surface area contributed by atoms with E-state index in [-0.39, 0.29) is 4.83 Å². The van der Waals surface area contributed by atoms with E-state index < -0.39 is 0 Å². The molecule has 0 bridgehead atoms. The lowest BCUT2D eigenvalue weighted by Gasteiger charge is -2.05. The van der Waals surface area contributed by atoms with E-state index in [9.17, 15) is 0 Å². The minimum Gasteiger partial charge on any atom is -0.237 e. The lowest BCUT2D eigenvalue weighted by Crippen LogP contribution is -2.04. The van der Waals surface area contributed by atoms with Crippen LogP contribution in [0.4, 0.5) is 0 Å². The second kappa shape index (κ2) is 3.88. The maximum Gasteiger partial charge on any atom is 0.155 e. The summed E-state index contributed by atoms with van der Waals surface area (Å²) >= 11 is 3.46. The Kier molecular flexibility index (Phi) is 2.58. The third kappa shape index (κ3) is 1.68. The van der Waals surface area contributed by atoms with Crippen molar-refractivity contribution in [3.05, 3.63) is 36.5 Å². The normalized spacial score (nSPS) is 12.7. The van der Waals surface area contributed by atoms with Gasteiger partial charge in [-0.15, -0.1) is 0 Å². The van der Waals surface area contributed by atoms with E-state index in [2.05, 4.69) is 31.0 Å². The summed E-state index contributed by atoms with van der Waals surface area (Å²) in [6.45, 7) is 2.00. The smallest absolute Gasteiger partial charge is 0.155 e. The molecule has 2 aromatic heterocycles. The molecule has 1 atom stereocenters. The van der Waals surface area contributed by atoms with Crippen LogP contribution in [0.2, 0.25) is 0 Å². The van der Waals surface area contributed by atoms with Crippen molar-refractivity contribution in [1.82, 2.24) is 19.7 Å². The van der Waals surface area contributed by atoms with E-state index in [0.29, 0.717) is 0 Å². The minimum absolute atomic E-state index is 0.159. The highest BCUT2D eigenvalue weighted by atomic mass is 79.9. The van der Waals surface area contributed by atoms with Crippen LogP contribution in [0.1, 0.15) is 17.6 Å². The van der Waals surface area contributed by atoms with Crippen LogP contribution >= 0.6 is 15.9 Å². The van der Waals surface area contributed by atoms with Crippen LogP contribution < -0.4 is 0 Å². The van der Waals surface area contributed by atoms with Crippen molar-refractivity contribution in [1.29, 1.82) is 0 Å². The van der Waals surface area contributed by atoms with Crippen LogP contribution in [-0.2, 0) is 0 Å². The van der Waals surface area contributed by atoms with E-state index in [1.807, 2.05) is 25.1 Å². The third-order valence-corrected chi connectivity index (χ3v) is 2.21. The minimum atomic E-state index is 0.159. The van der Waals surface area contributed by atoms with Gasteiger partial charge in [0.05, 0.1) is 4.83 Å². The molecule has 14 heavy (non-hydrogen) atoms. The zero-order chi connectivity index (χ0) is 9.97. The van der Waals surface area contributed by atoms with Gasteiger partial charge in [-0.05, 0) is 19.1 Å². The first-order chi connectivity index (χ1) is 6.79. The van der Waals surface area contributed by atoms with Crippen LogP contribution in [0.15, 0.2) is 30.7 Å².